The molecule has 1 aromatic carbocycles. The van der Waals surface area contributed by atoms with Gasteiger partial charge in [-0.1, -0.05) is 13.3 Å². The number of carbonyl (C=O) groups excluding carboxylic acids is 2. The van der Waals surface area contributed by atoms with Crippen LogP contribution in [-0.4, -0.2) is 70.7 Å². The average Bonchev–Trinajstić information content (AvgIpc) is 2.74. The second-order valence-electron chi connectivity index (χ2n) is 6.62. The number of sulfonamides is 1. The van der Waals surface area contributed by atoms with Gasteiger partial charge in [0.05, 0.1) is 36.9 Å². The van der Waals surface area contributed by atoms with Gasteiger partial charge in [-0.25, -0.2) is 13.2 Å². The van der Waals surface area contributed by atoms with Crippen LogP contribution >= 0.6 is 0 Å². The van der Waals surface area contributed by atoms with Crippen LogP contribution < -0.4 is 20.7 Å². The van der Waals surface area contributed by atoms with Gasteiger partial charge in [-0.15, -0.1) is 0 Å². The lowest BCUT2D eigenvalue weighted by atomic mass is 10.3. The van der Waals surface area contributed by atoms with Gasteiger partial charge in [0.2, 0.25) is 15.9 Å². The van der Waals surface area contributed by atoms with Crippen LogP contribution in [0.25, 0.3) is 0 Å². The number of amides is 3. The Morgan fingerprint density at radius 2 is 1.93 bits per heavy atom. The van der Waals surface area contributed by atoms with Crippen molar-refractivity contribution in [1.82, 2.24) is 14.9 Å². The van der Waals surface area contributed by atoms with Gasteiger partial charge >= 0.3 is 6.03 Å². The monoisotopic (exact) mass is 442 g/mol. The van der Waals surface area contributed by atoms with Crippen LogP contribution in [0.2, 0.25) is 0 Å². The summed E-state index contributed by atoms with van der Waals surface area (Å²) in [7, 11) is -3.69. The molecule has 0 unspecified atom stereocenters. The summed E-state index contributed by atoms with van der Waals surface area (Å²) in [6.45, 7) is 5.70. The maximum atomic E-state index is 12.9. The molecule has 0 spiro atoms. The molecule has 1 fully saturated rings. The van der Waals surface area contributed by atoms with Gasteiger partial charge < -0.3 is 20.1 Å². The smallest absolute Gasteiger partial charge is 0.321 e. The number of urea groups is 1. The van der Waals surface area contributed by atoms with Crippen molar-refractivity contribution in [2.24, 2.45) is 0 Å². The summed E-state index contributed by atoms with van der Waals surface area (Å²) < 4.78 is 37.9. The summed E-state index contributed by atoms with van der Waals surface area (Å²) in [4.78, 5) is 23.8. The molecule has 0 bridgehead atoms. The molecule has 1 aromatic rings. The van der Waals surface area contributed by atoms with Crippen molar-refractivity contribution in [2.75, 3.05) is 51.3 Å². The van der Waals surface area contributed by atoms with Crippen molar-refractivity contribution in [3.05, 3.63) is 18.2 Å². The first-order valence-electron chi connectivity index (χ1n) is 10.0. The molecule has 1 saturated heterocycles. The Bertz CT molecular complexity index is 824. The van der Waals surface area contributed by atoms with Crippen LogP contribution in [0.5, 0.6) is 5.75 Å². The SMILES string of the molecule is CCCCNC(=O)NC(=O)CNc1cc(S(=O)(=O)N2CCOCC2)ccc1OCC. The average molecular weight is 443 g/mol. The molecule has 1 aliphatic rings. The molecule has 2 rings (SSSR count). The van der Waals surface area contributed by atoms with Crippen LogP contribution in [0, 0.1) is 0 Å². The highest BCUT2D eigenvalue weighted by atomic mass is 32.2. The topological polar surface area (TPSA) is 126 Å². The predicted molar refractivity (Wildman–Crippen MR) is 112 cm³/mol. The quantitative estimate of drug-likeness (QED) is 0.464. The van der Waals surface area contributed by atoms with Gasteiger partial charge in [0, 0.05) is 19.6 Å². The molecule has 0 radical (unpaired) electrons. The lowest BCUT2D eigenvalue weighted by Crippen LogP contribution is -2.42. The standard InChI is InChI=1S/C19H30N4O6S/c1-3-5-8-20-19(25)22-18(24)14-21-16-13-15(6-7-17(16)29-4-2)30(26,27)23-9-11-28-12-10-23/h6-7,13,21H,3-5,8-12,14H2,1-2H3,(H2,20,22,24,25). The fraction of sp³-hybridized carbons (Fsp3) is 0.579. The van der Waals surface area contributed by atoms with Crippen molar-refractivity contribution < 1.29 is 27.5 Å². The second kappa shape index (κ2) is 11.7. The zero-order valence-corrected chi connectivity index (χ0v) is 18.2. The lowest BCUT2D eigenvalue weighted by molar-refractivity contribution is -0.118. The number of unbranched alkanes of at least 4 members (excludes halogenated alkanes) is 1. The van der Waals surface area contributed by atoms with Crippen molar-refractivity contribution in [1.29, 1.82) is 0 Å². The first-order valence-corrected chi connectivity index (χ1v) is 11.5. The van der Waals surface area contributed by atoms with Crippen LogP contribution in [0.15, 0.2) is 23.1 Å². The van der Waals surface area contributed by atoms with E-state index in [1.807, 2.05) is 6.92 Å². The molecule has 0 atom stereocenters. The Morgan fingerprint density at radius 3 is 2.60 bits per heavy atom. The normalized spacial score (nSPS) is 14.7. The Morgan fingerprint density at radius 1 is 1.20 bits per heavy atom. The molecule has 0 aliphatic carbocycles. The minimum absolute atomic E-state index is 0.0908. The molecule has 11 heteroatoms. The Kier molecular flexibility index (Phi) is 9.34. The summed E-state index contributed by atoms with van der Waals surface area (Å²) in [5.41, 5.74) is 0.354. The van der Waals surface area contributed by atoms with Gasteiger partial charge in [0.25, 0.3) is 0 Å². The molecule has 30 heavy (non-hydrogen) atoms. The van der Waals surface area contributed by atoms with E-state index in [4.69, 9.17) is 9.47 Å². The van der Waals surface area contributed by atoms with E-state index in [0.29, 0.717) is 37.8 Å². The molecule has 0 saturated carbocycles. The highest BCUT2D eigenvalue weighted by Gasteiger charge is 2.27. The summed E-state index contributed by atoms with van der Waals surface area (Å²) >= 11 is 0. The summed E-state index contributed by atoms with van der Waals surface area (Å²) in [6.07, 6.45) is 1.75. The fourth-order valence-corrected chi connectivity index (χ4v) is 4.23. The van der Waals surface area contributed by atoms with Gasteiger partial charge in [-0.05, 0) is 31.5 Å². The molecule has 3 amide bonds. The van der Waals surface area contributed by atoms with Gasteiger partial charge in [0.15, 0.2) is 0 Å². The summed E-state index contributed by atoms with van der Waals surface area (Å²) in [5, 5.41) is 7.68. The number of hydrogen-bond donors (Lipinski definition) is 3. The van der Waals surface area contributed by atoms with Gasteiger partial charge in [0.1, 0.15) is 5.75 Å². The van der Waals surface area contributed by atoms with Crippen LogP contribution in [0.3, 0.4) is 0 Å². The van der Waals surface area contributed by atoms with Crippen LogP contribution in [-0.2, 0) is 19.6 Å². The first kappa shape index (κ1) is 23.9. The maximum Gasteiger partial charge on any atom is 0.321 e. The van der Waals surface area contributed by atoms with E-state index in [-0.39, 0.29) is 24.5 Å². The number of imide groups is 1. The zero-order valence-electron chi connectivity index (χ0n) is 17.4. The van der Waals surface area contributed by atoms with Gasteiger partial charge in [-0.3, -0.25) is 10.1 Å². The second-order valence-corrected chi connectivity index (χ2v) is 8.56. The highest BCUT2D eigenvalue weighted by molar-refractivity contribution is 7.89. The van der Waals surface area contributed by atoms with Crippen molar-refractivity contribution in [3.63, 3.8) is 0 Å². The van der Waals surface area contributed by atoms with Crippen molar-refractivity contribution in [3.8, 4) is 5.75 Å². The third-order valence-corrected chi connectivity index (χ3v) is 6.26. The summed E-state index contributed by atoms with van der Waals surface area (Å²) in [5.74, 6) is -0.133. The molecule has 1 heterocycles. The van der Waals surface area contributed by atoms with E-state index in [0.717, 1.165) is 12.8 Å². The van der Waals surface area contributed by atoms with Crippen molar-refractivity contribution >= 4 is 27.6 Å². The third kappa shape index (κ3) is 6.85. The van der Waals surface area contributed by atoms with Crippen LogP contribution in [0.4, 0.5) is 10.5 Å². The Hall–Kier alpha value is -2.37. The molecule has 0 aromatic heterocycles. The number of rotatable bonds is 10. The molecular formula is C19H30N4O6S. The molecule has 3 N–H and O–H groups in total. The van der Waals surface area contributed by atoms with Crippen molar-refractivity contribution in [2.45, 2.75) is 31.6 Å². The Labute approximate surface area is 177 Å². The predicted octanol–water partition coefficient (Wildman–Crippen LogP) is 1.14. The zero-order chi connectivity index (χ0) is 22.0. The number of hydrogen-bond acceptors (Lipinski definition) is 7. The van der Waals surface area contributed by atoms with Gasteiger partial charge in [-0.2, -0.15) is 4.31 Å². The van der Waals surface area contributed by atoms with E-state index in [1.165, 1.54) is 16.4 Å². The number of ether oxygens (including phenoxy) is 2. The summed E-state index contributed by atoms with van der Waals surface area (Å²) in [6, 6.07) is 3.89. The maximum absolute atomic E-state index is 12.9. The van der Waals surface area contributed by atoms with E-state index in [2.05, 4.69) is 16.0 Å². The lowest BCUT2D eigenvalue weighted by Gasteiger charge is -2.26. The molecule has 168 valence electrons. The van der Waals surface area contributed by atoms with Crippen LogP contribution in [0.1, 0.15) is 26.7 Å². The third-order valence-electron chi connectivity index (χ3n) is 4.37. The number of nitrogens with zero attached hydrogens (tertiary/aromatic N) is 1. The van der Waals surface area contributed by atoms with E-state index in [1.54, 1.807) is 13.0 Å². The number of morpholine rings is 1. The molecule has 1 aliphatic heterocycles. The minimum atomic E-state index is -3.69. The fourth-order valence-electron chi connectivity index (χ4n) is 2.79. The number of carbonyl (C=O) groups is 2. The number of benzene rings is 1. The highest BCUT2D eigenvalue weighted by Crippen LogP contribution is 2.29. The van der Waals surface area contributed by atoms with E-state index < -0.39 is 22.0 Å². The number of nitrogens with one attached hydrogen (secondary N) is 3. The minimum Gasteiger partial charge on any atom is -0.492 e. The van der Waals surface area contributed by atoms with E-state index >= 15 is 0 Å². The largest absolute Gasteiger partial charge is 0.492 e. The Balaban J connectivity index is 2.07. The van der Waals surface area contributed by atoms with E-state index in [9.17, 15) is 18.0 Å². The first-order chi connectivity index (χ1) is 14.4. The number of anilines is 1. The molecule has 10 nitrogen and oxygen atoms in total. The molecular weight excluding hydrogens is 412 g/mol.